The molecule has 1 nitrogen and oxygen atoms in total. The van der Waals surface area contributed by atoms with Crippen molar-refractivity contribution < 1.29 is 17.6 Å². The number of hydrogen-bond donors (Lipinski definition) is 1. The lowest BCUT2D eigenvalue weighted by molar-refractivity contribution is -0.137. The molecule has 1 atom stereocenters. The Balaban J connectivity index is 2.25. The summed E-state index contributed by atoms with van der Waals surface area (Å²) >= 11 is 3.02. The molecule has 0 fully saturated rings. The van der Waals surface area contributed by atoms with Gasteiger partial charge in [0.25, 0.3) is 0 Å². The maximum Gasteiger partial charge on any atom is 0.391 e. The van der Waals surface area contributed by atoms with E-state index in [0.717, 1.165) is 0 Å². The van der Waals surface area contributed by atoms with Crippen molar-refractivity contribution in [2.24, 2.45) is 0 Å². The second-order valence-corrected chi connectivity index (χ2v) is 5.41. The van der Waals surface area contributed by atoms with Gasteiger partial charge in [-0.25, -0.2) is 4.39 Å². The lowest BCUT2D eigenvalue weighted by Gasteiger charge is -2.22. The van der Waals surface area contributed by atoms with Crippen LogP contribution in [0.3, 0.4) is 0 Å². The molecule has 0 amide bonds. The van der Waals surface area contributed by atoms with Crippen LogP contribution in [0.15, 0.2) is 53.0 Å². The molecule has 21 heavy (non-hydrogen) atoms. The number of benzene rings is 2. The van der Waals surface area contributed by atoms with E-state index in [1.807, 2.05) is 0 Å². The summed E-state index contributed by atoms with van der Waals surface area (Å²) in [7, 11) is 0. The van der Waals surface area contributed by atoms with Crippen molar-refractivity contribution in [2.45, 2.75) is 18.6 Å². The third kappa shape index (κ3) is 4.74. The van der Waals surface area contributed by atoms with Crippen LogP contribution in [-0.2, 0) is 0 Å². The smallest absolute Gasteiger partial charge is 0.378 e. The van der Waals surface area contributed by atoms with Crippen molar-refractivity contribution in [3.05, 3.63) is 64.4 Å². The van der Waals surface area contributed by atoms with Gasteiger partial charge in [0.2, 0.25) is 0 Å². The predicted molar refractivity (Wildman–Crippen MR) is 77.6 cm³/mol. The lowest BCUT2D eigenvalue weighted by atomic mass is 10.0. The predicted octanol–water partition coefficient (Wildman–Crippen LogP) is 5.69. The summed E-state index contributed by atoms with van der Waals surface area (Å²) in [5, 5.41) is 2.80. The minimum Gasteiger partial charge on any atom is -0.378 e. The highest BCUT2D eigenvalue weighted by molar-refractivity contribution is 9.10. The quantitative estimate of drug-likeness (QED) is 0.689. The SMILES string of the molecule is Fc1ccc(NC(CC(F)(F)F)c2ccccc2)cc1Br. The Morgan fingerprint density at radius 1 is 1.05 bits per heavy atom. The highest BCUT2D eigenvalue weighted by Crippen LogP contribution is 2.33. The summed E-state index contributed by atoms with van der Waals surface area (Å²) in [5.74, 6) is -0.465. The third-order valence-electron chi connectivity index (χ3n) is 2.90. The van der Waals surface area contributed by atoms with E-state index in [4.69, 9.17) is 0 Å². The number of alkyl halides is 3. The van der Waals surface area contributed by atoms with Crippen LogP contribution in [0, 0.1) is 5.82 Å². The summed E-state index contributed by atoms with van der Waals surface area (Å²) in [6, 6.07) is 11.5. The lowest BCUT2D eigenvalue weighted by Crippen LogP contribution is -2.20. The second kappa shape index (κ2) is 6.47. The number of anilines is 1. The van der Waals surface area contributed by atoms with Gasteiger partial charge in [-0.3, -0.25) is 0 Å². The molecule has 0 saturated heterocycles. The molecule has 0 aliphatic heterocycles. The Kier molecular flexibility index (Phi) is 4.88. The van der Waals surface area contributed by atoms with E-state index in [1.165, 1.54) is 18.2 Å². The van der Waals surface area contributed by atoms with Gasteiger partial charge in [-0.2, -0.15) is 13.2 Å². The average Bonchev–Trinajstić information content (AvgIpc) is 2.42. The Labute approximate surface area is 128 Å². The van der Waals surface area contributed by atoms with Crippen LogP contribution in [0.1, 0.15) is 18.0 Å². The van der Waals surface area contributed by atoms with Crippen molar-refractivity contribution >= 4 is 21.6 Å². The molecule has 0 bridgehead atoms. The molecule has 1 N–H and O–H groups in total. The van der Waals surface area contributed by atoms with Crippen LogP contribution in [0.4, 0.5) is 23.2 Å². The zero-order valence-corrected chi connectivity index (χ0v) is 12.4. The fourth-order valence-electron chi connectivity index (χ4n) is 1.96. The first-order chi connectivity index (χ1) is 9.85. The van der Waals surface area contributed by atoms with E-state index < -0.39 is 24.5 Å². The van der Waals surface area contributed by atoms with E-state index in [9.17, 15) is 17.6 Å². The van der Waals surface area contributed by atoms with Crippen molar-refractivity contribution in [1.82, 2.24) is 0 Å². The number of hydrogen-bond acceptors (Lipinski definition) is 1. The summed E-state index contributed by atoms with van der Waals surface area (Å²) in [6.45, 7) is 0. The maximum atomic E-state index is 13.2. The standard InChI is InChI=1S/C15H12BrF4N/c16-12-8-11(6-7-13(12)17)21-14(9-15(18,19)20)10-4-2-1-3-5-10/h1-8,14,21H,9H2. The van der Waals surface area contributed by atoms with Crippen molar-refractivity contribution in [1.29, 1.82) is 0 Å². The molecule has 1 unspecified atom stereocenters. The molecule has 0 aromatic heterocycles. The Hall–Kier alpha value is -1.56. The van der Waals surface area contributed by atoms with E-state index >= 15 is 0 Å². The van der Waals surface area contributed by atoms with Gasteiger partial charge in [-0.15, -0.1) is 0 Å². The van der Waals surface area contributed by atoms with Crippen LogP contribution < -0.4 is 5.32 Å². The van der Waals surface area contributed by atoms with Gasteiger partial charge in [0.15, 0.2) is 0 Å². The average molecular weight is 362 g/mol. The van der Waals surface area contributed by atoms with Gasteiger partial charge in [0.1, 0.15) is 5.82 Å². The Morgan fingerprint density at radius 3 is 2.29 bits per heavy atom. The van der Waals surface area contributed by atoms with Gasteiger partial charge >= 0.3 is 6.18 Å². The van der Waals surface area contributed by atoms with Crippen LogP contribution in [0.5, 0.6) is 0 Å². The normalized spacial score (nSPS) is 13.0. The van der Waals surface area contributed by atoms with Crippen molar-refractivity contribution in [3.63, 3.8) is 0 Å². The largest absolute Gasteiger partial charge is 0.391 e. The van der Waals surface area contributed by atoms with Crippen LogP contribution >= 0.6 is 15.9 Å². The van der Waals surface area contributed by atoms with Crippen molar-refractivity contribution in [2.75, 3.05) is 5.32 Å². The molecular formula is C15H12BrF4N. The van der Waals surface area contributed by atoms with Crippen molar-refractivity contribution in [3.8, 4) is 0 Å². The molecule has 0 heterocycles. The van der Waals surface area contributed by atoms with Crippen LogP contribution in [0.2, 0.25) is 0 Å². The van der Waals surface area contributed by atoms with Gasteiger partial charge in [-0.1, -0.05) is 30.3 Å². The van der Waals surface area contributed by atoms with Crippen LogP contribution in [-0.4, -0.2) is 6.18 Å². The summed E-state index contributed by atoms with van der Waals surface area (Å²) in [6.07, 6.45) is -5.31. The minimum absolute atomic E-state index is 0.200. The fraction of sp³-hybridized carbons (Fsp3) is 0.200. The molecule has 0 saturated carbocycles. The fourth-order valence-corrected chi connectivity index (χ4v) is 2.33. The monoisotopic (exact) mass is 361 g/mol. The highest BCUT2D eigenvalue weighted by Gasteiger charge is 2.32. The molecule has 0 radical (unpaired) electrons. The molecule has 0 aliphatic carbocycles. The van der Waals surface area contributed by atoms with Gasteiger partial charge < -0.3 is 5.32 Å². The summed E-state index contributed by atoms with van der Waals surface area (Å²) in [4.78, 5) is 0. The number of rotatable bonds is 4. The molecule has 2 aromatic rings. The topological polar surface area (TPSA) is 12.0 Å². The summed E-state index contributed by atoms with van der Waals surface area (Å²) < 4.78 is 51.6. The van der Waals surface area contributed by atoms with Gasteiger partial charge in [0.05, 0.1) is 16.9 Å². The molecule has 0 spiro atoms. The van der Waals surface area contributed by atoms with Gasteiger partial charge in [0, 0.05) is 5.69 Å². The Bertz CT molecular complexity index is 598. The zero-order chi connectivity index (χ0) is 15.5. The first-order valence-electron chi connectivity index (χ1n) is 6.18. The second-order valence-electron chi connectivity index (χ2n) is 4.56. The molecule has 0 aliphatic rings. The highest BCUT2D eigenvalue weighted by atomic mass is 79.9. The Morgan fingerprint density at radius 2 is 1.71 bits per heavy atom. The molecule has 2 rings (SSSR count). The number of halogens is 5. The maximum absolute atomic E-state index is 13.2. The first kappa shape index (κ1) is 15.8. The van der Waals surface area contributed by atoms with E-state index in [0.29, 0.717) is 11.3 Å². The molecule has 2 aromatic carbocycles. The van der Waals surface area contributed by atoms with E-state index in [-0.39, 0.29) is 4.47 Å². The van der Waals surface area contributed by atoms with Crippen LogP contribution in [0.25, 0.3) is 0 Å². The first-order valence-corrected chi connectivity index (χ1v) is 6.98. The molecule has 6 heteroatoms. The number of nitrogens with one attached hydrogen (secondary N) is 1. The minimum atomic E-state index is -4.30. The zero-order valence-electron chi connectivity index (χ0n) is 10.8. The van der Waals surface area contributed by atoms with E-state index in [1.54, 1.807) is 30.3 Å². The van der Waals surface area contributed by atoms with E-state index in [2.05, 4.69) is 21.2 Å². The molecular weight excluding hydrogens is 350 g/mol. The van der Waals surface area contributed by atoms with Gasteiger partial charge in [-0.05, 0) is 39.7 Å². The summed E-state index contributed by atoms with van der Waals surface area (Å²) in [5.41, 5.74) is 0.941. The molecule has 112 valence electrons. The third-order valence-corrected chi connectivity index (χ3v) is 3.51.